The highest BCUT2D eigenvalue weighted by Crippen LogP contribution is 2.36. The fourth-order valence-electron chi connectivity index (χ4n) is 3.93. The second-order valence-corrected chi connectivity index (χ2v) is 10.0. The fraction of sp³-hybridized carbons (Fsp3) is 0.706. The Morgan fingerprint density at radius 1 is 1.25 bits per heavy atom. The third-order valence-corrected chi connectivity index (χ3v) is 7.05. The van der Waals surface area contributed by atoms with Crippen LogP contribution >= 0.6 is 11.3 Å². The van der Waals surface area contributed by atoms with Gasteiger partial charge in [0.05, 0.1) is 11.1 Å². The van der Waals surface area contributed by atoms with Crippen LogP contribution in [0.1, 0.15) is 46.7 Å². The van der Waals surface area contributed by atoms with Crippen LogP contribution in [0.2, 0.25) is 0 Å². The lowest BCUT2D eigenvalue weighted by Crippen LogP contribution is -2.44. The summed E-state index contributed by atoms with van der Waals surface area (Å²) in [5.41, 5.74) is 0. The smallest absolute Gasteiger partial charge is 0.263 e. The average molecular weight is 371 g/mol. The van der Waals surface area contributed by atoms with Gasteiger partial charge in [-0.3, -0.25) is 4.79 Å². The Kier molecular flexibility index (Phi) is 5.62. The summed E-state index contributed by atoms with van der Waals surface area (Å²) in [6, 6.07) is 3.82. The van der Waals surface area contributed by atoms with Gasteiger partial charge in [-0.25, -0.2) is 13.1 Å². The summed E-state index contributed by atoms with van der Waals surface area (Å²) in [5.74, 6) is 1.66. The number of carbonyl (C=O) groups excluding carboxylic acids is 1. The molecule has 1 saturated heterocycles. The number of likely N-dealkylation sites (tertiary alicyclic amines) is 1. The molecule has 134 valence electrons. The van der Waals surface area contributed by atoms with Crippen LogP contribution in [-0.2, 0) is 16.4 Å². The fourth-order valence-corrected chi connectivity index (χ4v) is 5.38. The Morgan fingerprint density at radius 2 is 2.00 bits per heavy atom. The first-order chi connectivity index (χ1) is 11.4. The minimum Gasteiger partial charge on any atom is -0.338 e. The van der Waals surface area contributed by atoms with Crippen LogP contribution in [0.3, 0.4) is 0 Å². The minimum atomic E-state index is -3.15. The third kappa shape index (κ3) is 4.58. The molecule has 2 aliphatic rings. The normalized spacial score (nSPS) is 24.6. The van der Waals surface area contributed by atoms with E-state index in [9.17, 15) is 13.2 Å². The summed E-state index contributed by atoms with van der Waals surface area (Å²) < 4.78 is 24.7. The third-order valence-electron chi connectivity index (χ3n) is 5.19. The summed E-state index contributed by atoms with van der Waals surface area (Å²) in [4.78, 5) is 16.6. The molecule has 1 N–H and O–H groups in total. The number of sulfonamides is 1. The number of hydrogen-bond acceptors (Lipinski definition) is 4. The Morgan fingerprint density at radius 3 is 2.75 bits per heavy atom. The maximum Gasteiger partial charge on any atom is 0.263 e. The molecule has 5 nitrogen and oxygen atoms in total. The first kappa shape index (κ1) is 17.9. The zero-order valence-corrected chi connectivity index (χ0v) is 15.8. The zero-order valence-electron chi connectivity index (χ0n) is 14.2. The number of carbonyl (C=O) groups is 1. The van der Waals surface area contributed by atoms with Crippen LogP contribution < -0.4 is 4.72 Å². The number of thiophene rings is 1. The molecule has 0 spiro atoms. The molecule has 1 aliphatic heterocycles. The van der Waals surface area contributed by atoms with Crippen molar-refractivity contribution in [3.05, 3.63) is 21.9 Å². The van der Waals surface area contributed by atoms with Crippen molar-refractivity contribution >= 4 is 27.3 Å². The molecule has 1 amide bonds. The average Bonchev–Trinajstić information content (AvgIpc) is 3.01. The molecule has 2 atom stereocenters. The summed E-state index contributed by atoms with van der Waals surface area (Å²) in [5, 5.41) is 0. The Labute approximate surface area is 148 Å². The maximum atomic E-state index is 12.7. The van der Waals surface area contributed by atoms with E-state index in [1.54, 1.807) is 0 Å². The van der Waals surface area contributed by atoms with E-state index < -0.39 is 10.0 Å². The van der Waals surface area contributed by atoms with E-state index >= 15 is 0 Å². The van der Waals surface area contributed by atoms with E-state index in [2.05, 4.69) is 4.72 Å². The molecule has 2 fully saturated rings. The molecule has 0 unspecified atom stereocenters. The first-order valence-corrected chi connectivity index (χ1v) is 11.5. The summed E-state index contributed by atoms with van der Waals surface area (Å²) in [6.07, 6.45) is 8.18. The van der Waals surface area contributed by atoms with Crippen molar-refractivity contribution in [2.75, 3.05) is 25.9 Å². The van der Waals surface area contributed by atoms with Crippen LogP contribution in [0.5, 0.6) is 0 Å². The predicted molar refractivity (Wildman–Crippen MR) is 96.8 cm³/mol. The molecular formula is C17H26N2O3S2. The highest BCUT2D eigenvalue weighted by molar-refractivity contribution is 7.88. The molecule has 7 heteroatoms. The molecular weight excluding hydrogens is 344 g/mol. The molecule has 0 radical (unpaired) electrons. The van der Waals surface area contributed by atoms with Crippen LogP contribution in [0, 0.1) is 11.8 Å². The van der Waals surface area contributed by atoms with Crippen LogP contribution in [0.25, 0.3) is 0 Å². The largest absolute Gasteiger partial charge is 0.338 e. The Hall–Kier alpha value is -0.920. The SMILES string of the molecule is CS(=O)(=O)NCCc1ccc(C(=O)N2CC[C@@H]3CCCC[C@H]3C2)s1. The predicted octanol–water partition coefficient (Wildman–Crippen LogP) is 2.49. The molecule has 1 aromatic rings. The van der Waals surface area contributed by atoms with E-state index in [1.807, 2.05) is 17.0 Å². The van der Waals surface area contributed by atoms with E-state index in [0.717, 1.165) is 41.4 Å². The molecule has 0 aromatic carbocycles. The molecule has 3 rings (SSSR count). The van der Waals surface area contributed by atoms with Crippen LogP contribution in [0.4, 0.5) is 0 Å². The van der Waals surface area contributed by atoms with E-state index in [4.69, 9.17) is 0 Å². The summed E-state index contributed by atoms with van der Waals surface area (Å²) in [6.45, 7) is 2.16. The first-order valence-electron chi connectivity index (χ1n) is 8.75. The monoisotopic (exact) mass is 370 g/mol. The van der Waals surface area contributed by atoms with Crippen molar-refractivity contribution < 1.29 is 13.2 Å². The van der Waals surface area contributed by atoms with Gasteiger partial charge in [-0.1, -0.05) is 19.3 Å². The second kappa shape index (κ2) is 7.54. The summed E-state index contributed by atoms with van der Waals surface area (Å²) in [7, 11) is -3.15. The maximum absolute atomic E-state index is 12.7. The number of piperidine rings is 1. The standard InChI is InChI=1S/C17H26N2O3S2/c1-24(21,22)18-10-8-15-6-7-16(23-15)17(20)19-11-9-13-4-2-3-5-14(13)12-19/h6-7,13-14,18H,2-5,8-12H2,1H3/t13-,14-/m0/s1. The number of amides is 1. The number of nitrogens with one attached hydrogen (secondary N) is 1. The van der Waals surface area contributed by atoms with Gasteiger partial charge < -0.3 is 4.90 Å². The number of rotatable bonds is 5. The van der Waals surface area contributed by atoms with Crippen molar-refractivity contribution in [2.45, 2.75) is 38.5 Å². The number of hydrogen-bond donors (Lipinski definition) is 1. The van der Waals surface area contributed by atoms with Crippen LogP contribution in [0.15, 0.2) is 12.1 Å². The highest BCUT2D eigenvalue weighted by atomic mass is 32.2. The van der Waals surface area contributed by atoms with Gasteiger partial charge in [0.2, 0.25) is 10.0 Å². The van der Waals surface area contributed by atoms with Gasteiger partial charge in [-0.05, 0) is 43.2 Å². The van der Waals surface area contributed by atoms with Crippen molar-refractivity contribution in [1.29, 1.82) is 0 Å². The lowest BCUT2D eigenvalue weighted by atomic mass is 9.75. The number of fused-ring (bicyclic) bond motifs is 1. The van der Waals surface area contributed by atoms with Crippen LogP contribution in [-0.4, -0.2) is 45.1 Å². The van der Waals surface area contributed by atoms with E-state index in [-0.39, 0.29) is 5.91 Å². The molecule has 2 heterocycles. The van der Waals surface area contributed by atoms with E-state index in [1.165, 1.54) is 37.0 Å². The van der Waals surface area contributed by atoms with Gasteiger partial charge in [-0.2, -0.15) is 0 Å². The van der Waals surface area contributed by atoms with Crippen molar-refractivity contribution in [3.63, 3.8) is 0 Å². The van der Waals surface area contributed by atoms with E-state index in [0.29, 0.717) is 18.9 Å². The van der Waals surface area contributed by atoms with Gasteiger partial charge in [0.1, 0.15) is 0 Å². The lowest BCUT2D eigenvalue weighted by Gasteiger charge is -2.41. The molecule has 1 aromatic heterocycles. The van der Waals surface area contributed by atoms with Crippen molar-refractivity contribution in [3.8, 4) is 0 Å². The Balaban J connectivity index is 1.55. The van der Waals surface area contributed by atoms with Gasteiger partial charge in [0, 0.05) is 24.5 Å². The molecule has 0 bridgehead atoms. The highest BCUT2D eigenvalue weighted by Gasteiger charge is 2.33. The molecule has 1 aliphatic carbocycles. The van der Waals surface area contributed by atoms with Crippen molar-refractivity contribution in [2.24, 2.45) is 11.8 Å². The van der Waals surface area contributed by atoms with Crippen molar-refractivity contribution in [1.82, 2.24) is 9.62 Å². The van der Waals surface area contributed by atoms with Gasteiger partial charge in [0.25, 0.3) is 5.91 Å². The van der Waals surface area contributed by atoms with Gasteiger partial charge in [-0.15, -0.1) is 11.3 Å². The molecule has 1 saturated carbocycles. The minimum absolute atomic E-state index is 0.145. The van der Waals surface area contributed by atoms with Gasteiger partial charge in [0.15, 0.2) is 0 Å². The topological polar surface area (TPSA) is 66.5 Å². The Bertz CT molecular complexity index is 684. The summed E-state index contributed by atoms with van der Waals surface area (Å²) >= 11 is 1.49. The quantitative estimate of drug-likeness (QED) is 0.866. The zero-order chi connectivity index (χ0) is 17.2. The number of nitrogens with zero attached hydrogens (tertiary/aromatic N) is 1. The second-order valence-electron chi connectivity index (χ2n) is 7.03. The lowest BCUT2D eigenvalue weighted by molar-refractivity contribution is 0.0525. The van der Waals surface area contributed by atoms with Gasteiger partial charge >= 0.3 is 0 Å². The molecule has 24 heavy (non-hydrogen) atoms.